The van der Waals surface area contributed by atoms with Crippen molar-refractivity contribution < 1.29 is 9.59 Å². The van der Waals surface area contributed by atoms with Gasteiger partial charge in [0.2, 0.25) is 11.8 Å². The summed E-state index contributed by atoms with van der Waals surface area (Å²) in [7, 11) is 2.01. The molecule has 0 N–H and O–H groups in total. The zero-order chi connectivity index (χ0) is 15.9. The fraction of sp³-hybridized carbons (Fsp3) is 0.625. The molecule has 120 valence electrons. The molecule has 1 unspecified atom stereocenters. The maximum absolute atomic E-state index is 12.4. The minimum Gasteiger partial charge on any atom is -0.340 e. The molecule has 0 aromatic carbocycles. The maximum atomic E-state index is 12.4. The van der Waals surface area contributed by atoms with Gasteiger partial charge in [0.15, 0.2) is 0 Å². The number of likely N-dealkylation sites (N-methyl/N-ethyl adjacent to an activating group) is 1. The average molecular weight is 321 g/mol. The zero-order valence-electron chi connectivity index (χ0n) is 13.4. The van der Waals surface area contributed by atoms with Crippen molar-refractivity contribution in [3.05, 3.63) is 16.8 Å². The predicted molar refractivity (Wildman–Crippen MR) is 88.1 cm³/mol. The highest BCUT2D eigenvalue weighted by atomic mass is 32.1. The minimum absolute atomic E-state index is 0.0265. The number of hydrogen-bond acceptors (Lipinski definition) is 4. The van der Waals surface area contributed by atoms with Crippen LogP contribution in [0.2, 0.25) is 0 Å². The highest BCUT2D eigenvalue weighted by Crippen LogP contribution is 2.34. The molecule has 2 amide bonds. The number of thiophene rings is 1. The molecule has 3 rings (SSSR count). The van der Waals surface area contributed by atoms with E-state index in [9.17, 15) is 9.59 Å². The van der Waals surface area contributed by atoms with Gasteiger partial charge in [-0.2, -0.15) is 11.3 Å². The molecule has 3 heterocycles. The van der Waals surface area contributed by atoms with Gasteiger partial charge in [0.05, 0.1) is 17.8 Å². The van der Waals surface area contributed by atoms with Crippen LogP contribution in [0.25, 0.3) is 0 Å². The van der Waals surface area contributed by atoms with Crippen molar-refractivity contribution in [1.82, 2.24) is 9.80 Å². The van der Waals surface area contributed by atoms with Crippen molar-refractivity contribution in [3.63, 3.8) is 0 Å². The Morgan fingerprint density at radius 2 is 2.14 bits per heavy atom. The molecule has 6 heteroatoms. The summed E-state index contributed by atoms with van der Waals surface area (Å²) >= 11 is 1.60. The third-order valence-electron chi connectivity index (χ3n) is 4.89. The quantitative estimate of drug-likeness (QED) is 0.832. The fourth-order valence-corrected chi connectivity index (χ4v) is 4.10. The third-order valence-corrected chi connectivity index (χ3v) is 5.56. The van der Waals surface area contributed by atoms with Gasteiger partial charge in [-0.15, -0.1) is 0 Å². The highest BCUT2D eigenvalue weighted by molar-refractivity contribution is 7.08. The number of rotatable bonds is 2. The molecule has 0 bridgehead atoms. The molecule has 5 nitrogen and oxygen atoms in total. The monoisotopic (exact) mass is 321 g/mol. The van der Waals surface area contributed by atoms with Crippen LogP contribution in [0.1, 0.15) is 20.3 Å². The van der Waals surface area contributed by atoms with Crippen molar-refractivity contribution in [1.29, 1.82) is 0 Å². The van der Waals surface area contributed by atoms with Gasteiger partial charge in [-0.05, 0) is 24.9 Å². The fourth-order valence-electron chi connectivity index (χ4n) is 3.46. The Morgan fingerprint density at radius 1 is 1.36 bits per heavy atom. The van der Waals surface area contributed by atoms with Gasteiger partial charge < -0.3 is 9.80 Å². The van der Waals surface area contributed by atoms with Crippen LogP contribution in [0.4, 0.5) is 5.69 Å². The van der Waals surface area contributed by atoms with Gasteiger partial charge in [0.1, 0.15) is 0 Å². The van der Waals surface area contributed by atoms with Crippen LogP contribution in [0, 0.1) is 5.92 Å². The Balaban J connectivity index is 1.81. The average Bonchev–Trinajstić information content (AvgIpc) is 3.13. The second-order valence-electron chi connectivity index (χ2n) is 6.71. The summed E-state index contributed by atoms with van der Waals surface area (Å²) in [6.07, 6.45) is 0.926. The summed E-state index contributed by atoms with van der Waals surface area (Å²) < 4.78 is 0. The molecule has 22 heavy (non-hydrogen) atoms. The van der Waals surface area contributed by atoms with Crippen LogP contribution in [-0.2, 0) is 9.59 Å². The van der Waals surface area contributed by atoms with Gasteiger partial charge in [-0.25, -0.2) is 0 Å². The molecule has 2 aliphatic heterocycles. The van der Waals surface area contributed by atoms with Crippen LogP contribution in [0.15, 0.2) is 16.8 Å². The van der Waals surface area contributed by atoms with E-state index in [2.05, 4.69) is 4.90 Å². The molecular weight excluding hydrogens is 298 g/mol. The molecule has 1 spiro atoms. The summed E-state index contributed by atoms with van der Waals surface area (Å²) in [5.41, 5.74) is 0.872. The van der Waals surface area contributed by atoms with E-state index in [1.165, 1.54) is 0 Å². The van der Waals surface area contributed by atoms with E-state index >= 15 is 0 Å². The molecule has 1 aromatic heterocycles. The number of anilines is 1. The molecule has 0 aliphatic carbocycles. The van der Waals surface area contributed by atoms with Crippen LogP contribution >= 0.6 is 11.3 Å². The van der Waals surface area contributed by atoms with E-state index in [0.29, 0.717) is 19.6 Å². The van der Waals surface area contributed by atoms with Crippen LogP contribution in [0.3, 0.4) is 0 Å². The van der Waals surface area contributed by atoms with Crippen molar-refractivity contribution in [2.75, 3.05) is 38.1 Å². The number of amides is 2. The summed E-state index contributed by atoms with van der Waals surface area (Å²) in [5.74, 6) is 0.378. The SMILES string of the molecule is CC(C)C(=O)N1CCC2(C1)CN(c1ccsc1)C(=O)CN2C. The van der Waals surface area contributed by atoms with Crippen LogP contribution in [0.5, 0.6) is 0 Å². The van der Waals surface area contributed by atoms with Gasteiger partial charge >= 0.3 is 0 Å². The van der Waals surface area contributed by atoms with E-state index in [0.717, 1.165) is 18.7 Å². The molecule has 2 aliphatic rings. The first-order valence-electron chi connectivity index (χ1n) is 7.75. The summed E-state index contributed by atoms with van der Waals surface area (Å²) in [4.78, 5) is 30.7. The largest absolute Gasteiger partial charge is 0.340 e. The Bertz CT molecular complexity index is 572. The second-order valence-corrected chi connectivity index (χ2v) is 7.49. The normalized spacial score (nSPS) is 26.5. The van der Waals surface area contributed by atoms with E-state index in [4.69, 9.17) is 0 Å². The smallest absolute Gasteiger partial charge is 0.241 e. The predicted octanol–water partition coefficient (Wildman–Crippen LogP) is 1.65. The number of nitrogens with zero attached hydrogens (tertiary/aromatic N) is 3. The first-order chi connectivity index (χ1) is 10.4. The molecule has 0 saturated carbocycles. The topological polar surface area (TPSA) is 43.9 Å². The Hall–Kier alpha value is -1.40. The number of carbonyl (C=O) groups is 2. The Labute approximate surface area is 135 Å². The van der Waals surface area contributed by atoms with E-state index in [1.807, 2.05) is 47.5 Å². The molecule has 1 aromatic rings. The van der Waals surface area contributed by atoms with Crippen molar-refractivity contribution >= 4 is 28.8 Å². The lowest BCUT2D eigenvalue weighted by atomic mass is 9.92. The first-order valence-corrected chi connectivity index (χ1v) is 8.70. The number of likely N-dealkylation sites (tertiary alicyclic amines) is 1. The van der Waals surface area contributed by atoms with Crippen LogP contribution < -0.4 is 4.90 Å². The third kappa shape index (κ3) is 2.54. The molecule has 1 atom stereocenters. The van der Waals surface area contributed by atoms with E-state index in [1.54, 1.807) is 11.3 Å². The summed E-state index contributed by atoms with van der Waals surface area (Å²) in [5, 5.41) is 4.01. The maximum Gasteiger partial charge on any atom is 0.241 e. The minimum atomic E-state index is -0.111. The van der Waals surface area contributed by atoms with Crippen molar-refractivity contribution in [3.8, 4) is 0 Å². The molecular formula is C16H23N3O2S. The number of carbonyl (C=O) groups excluding carboxylic acids is 2. The standard InChI is InChI=1S/C16H23N3O2S/c1-12(2)15(21)18-6-5-16(10-18)11-19(13-4-7-22-9-13)14(20)8-17(16)3/h4,7,9,12H,5-6,8,10-11H2,1-3H3. The van der Waals surface area contributed by atoms with Gasteiger partial charge in [-0.3, -0.25) is 14.5 Å². The van der Waals surface area contributed by atoms with Crippen molar-refractivity contribution in [2.45, 2.75) is 25.8 Å². The van der Waals surface area contributed by atoms with Gasteiger partial charge in [-0.1, -0.05) is 13.8 Å². The van der Waals surface area contributed by atoms with E-state index in [-0.39, 0.29) is 23.3 Å². The lowest BCUT2D eigenvalue weighted by Gasteiger charge is -2.46. The van der Waals surface area contributed by atoms with E-state index < -0.39 is 0 Å². The van der Waals surface area contributed by atoms with Crippen LogP contribution in [-0.4, -0.2) is 60.4 Å². The van der Waals surface area contributed by atoms with Gasteiger partial charge in [0.25, 0.3) is 0 Å². The second kappa shape index (κ2) is 5.66. The summed E-state index contributed by atoms with van der Waals surface area (Å²) in [6.45, 7) is 6.47. The summed E-state index contributed by atoms with van der Waals surface area (Å²) in [6, 6.07) is 1.99. The lowest BCUT2D eigenvalue weighted by Crippen LogP contribution is -2.64. The number of hydrogen-bond donors (Lipinski definition) is 0. The first kappa shape index (κ1) is 15.5. The number of piperazine rings is 1. The van der Waals surface area contributed by atoms with Gasteiger partial charge in [0, 0.05) is 30.9 Å². The van der Waals surface area contributed by atoms with Crippen molar-refractivity contribution in [2.24, 2.45) is 5.92 Å². The molecule has 2 saturated heterocycles. The Kier molecular flexibility index (Phi) is 3.99. The lowest BCUT2D eigenvalue weighted by molar-refractivity contribution is -0.134. The highest BCUT2D eigenvalue weighted by Gasteiger charge is 2.48. The molecule has 2 fully saturated rings. The Morgan fingerprint density at radius 3 is 2.77 bits per heavy atom. The zero-order valence-corrected chi connectivity index (χ0v) is 14.2. The molecule has 0 radical (unpaired) electrons.